The maximum atomic E-state index is 12.1. The van der Waals surface area contributed by atoms with Crippen molar-refractivity contribution in [3.05, 3.63) is 48.0 Å². The molecule has 0 saturated heterocycles. The Bertz CT molecular complexity index is 825. The summed E-state index contributed by atoms with van der Waals surface area (Å²) in [5, 5.41) is 2.79. The molecule has 4 rings (SSSR count). The van der Waals surface area contributed by atoms with Gasteiger partial charge in [0.05, 0.1) is 0 Å². The minimum atomic E-state index is -0.512. The minimum absolute atomic E-state index is 0.126. The monoisotopic (exact) mass is 353 g/mol. The van der Waals surface area contributed by atoms with Gasteiger partial charge in [-0.3, -0.25) is 9.59 Å². The van der Waals surface area contributed by atoms with Gasteiger partial charge in [0, 0.05) is 30.2 Å². The molecule has 6 nitrogen and oxygen atoms in total. The van der Waals surface area contributed by atoms with E-state index in [1.54, 1.807) is 36.4 Å². The summed E-state index contributed by atoms with van der Waals surface area (Å²) in [5.74, 6) is 1.12. The summed E-state index contributed by atoms with van der Waals surface area (Å²) in [5.41, 5.74) is 1.19. The summed E-state index contributed by atoms with van der Waals surface area (Å²) in [6, 6.07) is 12.0. The van der Waals surface area contributed by atoms with E-state index in [4.69, 9.17) is 14.2 Å². The Hall–Kier alpha value is -3.02. The van der Waals surface area contributed by atoms with Crippen LogP contribution in [0.25, 0.3) is 0 Å². The Balaban J connectivity index is 1.34. The fraction of sp³-hybridized carbons (Fsp3) is 0.300. The second kappa shape index (κ2) is 6.71. The van der Waals surface area contributed by atoms with Gasteiger partial charge in [-0.1, -0.05) is 0 Å². The van der Waals surface area contributed by atoms with Gasteiger partial charge in [0.15, 0.2) is 18.1 Å². The second-order valence-corrected chi connectivity index (χ2v) is 6.51. The maximum absolute atomic E-state index is 12.1. The standard InChI is InChI=1S/C20H19NO5/c22-12-14-3-6-16(7-4-14)24-13-19(23)21-15-5-8-17-18(11-15)26-20(25-17)9-1-2-10-20/h3-8,11-12H,1-2,9-10,13H2,(H,21,23). The SMILES string of the molecule is O=Cc1ccc(OCC(=O)Nc2ccc3c(c2)OC2(CCCC2)O3)cc1. The topological polar surface area (TPSA) is 73.9 Å². The molecule has 1 fully saturated rings. The molecule has 1 heterocycles. The predicted octanol–water partition coefficient (Wildman–Crippen LogP) is 3.56. The smallest absolute Gasteiger partial charge is 0.262 e. The molecule has 1 aliphatic carbocycles. The molecule has 26 heavy (non-hydrogen) atoms. The van der Waals surface area contributed by atoms with Crippen LogP contribution in [-0.2, 0) is 4.79 Å². The number of carbonyl (C=O) groups is 2. The van der Waals surface area contributed by atoms with E-state index >= 15 is 0 Å². The van der Waals surface area contributed by atoms with Crippen LogP contribution in [0.3, 0.4) is 0 Å². The van der Waals surface area contributed by atoms with Crippen molar-refractivity contribution in [2.75, 3.05) is 11.9 Å². The van der Waals surface area contributed by atoms with Crippen LogP contribution in [0, 0.1) is 0 Å². The van der Waals surface area contributed by atoms with Crippen LogP contribution in [0.4, 0.5) is 5.69 Å². The number of fused-ring (bicyclic) bond motifs is 1. The van der Waals surface area contributed by atoms with Crippen molar-refractivity contribution in [3.8, 4) is 17.2 Å². The van der Waals surface area contributed by atoms with Gasteiger partial charge in [-0.25, -0.2) is 0 Å². The van der Waals surface area contributed by atoms with Gasteiger partial charge < -0.3 is 19.5 Å². The van der Waals surface area contributed by atoms with Gasteiger partial charge in [-0.05, 0) is 49.2 Å². The third kappa shape index (κ3) is 3.35. The number of anilines is 1. The number of aldehydes is 1. The second-order valence-electron chi connectivity index (χ2n) is 6.51. The lowest BCUT2D eigenvalue weighted by Crippen LogP contribution is -2.34. The number of hydrogen-bond donors (Lipinski definition) is 1. The maximum Gasteiger partial charge on any atom is 0.262 e. The summed E-state index contributed by atoms with van der Waals surface area (Å²) >= 11 is 0. The zero-order valence-electron chi connectivity index (χ0n) is 14.2. The molecule has 0 aromatic heterocycles. The highest BCUT2D eigenvalue weighted by Gasteiger charge is 2.44. The number of amides is 1. The molecule has 1 spiro atoms. The highest BCUT2D eigenvalue weighted by atomic mass is 16.7. The lowest BCUT2D eigenvalue weighted by Gasteiger charge is -2.21. The van der Waals surface area contributed by atoms with Crippen LogP contribution in [0.1, 0.15) is 36.0 Å². The molecule has 2 aromatic rings. The molecule has 1 saturated carbocycles. The quantitative estimate of drug-likeness (QED) is 0.832. The van der Waals surface area contributed by atoms with Gasteiger partial charge in [0.1, 0.15) is 12.0 Å². The number of hydrogen-bond acceptors (Lipinski definition) is 5. The van der Waals surface area contributed by atoms with E-state index in [0.717, 1.165) is 37.7 Å². The first-order valence-electron chi connectivity index (χ1n) is 8.66. The highest BCUT2D eigenvalue weighted by molar-refractivity contribution is 5.92. The summed E-state index contributed by atoms with van der Waals surface area (Å²) in [6.45, 7) is -0.126. The normalized spacial score (nSPS) is 16.5. The van der Waals surface area contributed by atoms with Gasteiger partial charge in [0.25, 0.3) is 11.7 Å². The van der Waals surface area contributed by atoms with Crippen molar-refractivity contribution in [1.29, 1.82) is 0 Å². The molecule has 2 aliphatic rings. The molecule has 0 atom stereocenters. The fourth-order valence-corrected chi connectivity index (χ4v) is 3.28. The van der Waals surface area contributed by atoms with Crippen molar-refractivity contribution in [3.63, 3.8) is 0 Å². The number of rotatable bonds is 5. The predicted molar refractivity (Wildman–Crippen MR) is 94.9 cm³/mol. The first-order chi connectivity index (χ1) is 12.7. The zero-order valence-corrected chi connectivity index (χ0v) is 14.2. The number of ether oxygens (including phenoxy) is 3. The van der Waals surface area contributed by atoms with Crippen molar-refractivity contribution in [2.45, 2.75) is 31.5 Å². The molecule has 0 unspecified atom stereocenters. The summed E-state index contributed by atoms with van der Waals surface area (Å²) in [7, 11) is 0. The van der Waals surface area contributed by atoms with E-state index in [0.29, 0.717) is 22.7 Å². The molecule has 1 N–H and O–H groups in total. The van der Waals surface area contributed by atoms with Crippen LogP contribution in [0.5, 0.6) is 17.2 Å². The Labute approximate surface area is 151 Å². The number of nitrogens with one attached hydrogen (secondary N) is 1. The molecule has 0 bridgehead atoms. The van der Waals surface area contributed by atoms with Crippen LogP contribution < -0.4 is 19.5 Å². The number of carbonyl (C=O) groups excluding carboxylic acids is 2. The van der Waals surface area contributed by atoms with Crippen molar-refractivity contribution in [1.82, 2.24) is 0 Å². The van der Waals surface area contributed by atoms with E-state index in [1.165, 1.54) is 0 Å². The fourth-order valence-electron chi connectivity index (χ4n) is 3.28. The van der Waals surface area contributed by atoms with Crippen LogP contribution in [0.15, 0.2) is 42.5 Å². The summed E-state index contributed by atoms with van der Waals surface area (Å²) in [6.07, 6.45) is 4.73. The Morgan fingerprint density at radius 2 is 1.81 bits per heavy atom. The summed E-state index contributed by atoms with van der Waals surface area (Å²) in [4.78, 5) is 22.7. The average Bonchev–Trinajstić information content (AvgIpc) is 3.26. The van der Waals surface area contributed by atoms with Crippen LogP contribution >= 0.6 is 0 Å². The Kier molecular flexibility index (Phi) is 4.24. The number of benzene rings is 2. The van der Waals surface area contributed by atoms with Crippen molar-refractivity contribution >= 4 is 17.9 Å². The lowest BCUT2D eigenvalue weighted by molar-refractivity contribution is -0.118. The molecule has 134 valence electrons. The van der Waals surface area contributed by atoms with Crippen molar-refractivity contribution in [2.24, 2.45) is 0 Å². The molecule has 2 aromatic carbocycles. The summed E-state index contributed by atoms with van der Waals surface area (Å²) < 4.78 is 17.4. The molecule has 6 heteroatoms. The van der Waals surface area contributed by atoms with Crippen LogP contribution in [-0.4, -0.2) is 24.6 Å². The van der Waals surface area contributed by atoms with Crippen molar-refractivity contribution < 1.29 is 23.8 Å². The molecule has 1 aliphatic heterocycles. The van der Waals surface area contributed by atoms with Crippen LogP contribution in [0.2, 0.25) is 0 Å². The zero-order chi connectivity index (χ0) is 18.0. The van der Waals surface area contributed by atoms with Gasteiger partial charge in [-0.2, -0.15) is 0 Å². The van der Waals surface area contributed by atoms with E-state index < -0.39 is 5.79 Å². The third-order valence-electron chi connectivity index (χ3n) is 4.57. The van der Waals surface area contributed by atoms with E-state index in [1.807, 2.05) is 6.07 Å². The van der Waals surface area contributed by atoms with Gasteiger partial charge in [-0.15, -0.1) is 0 Å². The first-order valence-corrected chi connectivity index (χ1v) is 8.66. The molecular weight excluding hydrogens is 334 g/mol. The lowest BCUT2D eigenvalue weighted by atomic mass is 10.2. The molecular formula is C20H19NO5. The van der Waals surface area contributed by atoms with E-state index in [2.05, 4.69) is 5.32 Å². The average molecular weight is 353 g/mol. The molecule has 1 amide bonds. The first kappa shape index (κ1) is 16.4. The highest BCUT2D eigenvalue weighted by Crippen LogP contribution is 2.47. The third-order valence-corrected chi connectivity index (χ3v) is 4.57. The largest absolute Gasteiger partial charge is 0.484 e. The van der Waals surface area contributed by atoms with E-state index in [9.17, 15) is 9.59 Å². The van der Waals surface area contributed by atoms with Gasteiger partial charge >= 0.3 is 0 Å². The Morgan fingerprint density at radius 3 is 2.54 bits per heavy atom. The van der Waals surface area contributed by atoms with Gasteiger partial charge in [0.2, 0.25) is 0 Å². The molecule has 0 radical (unpaired) electrons. The Morgan fingerprint density at radius 1 is 1.08 bits per heavy atom. The van der Waals surface area contributed by atoms with E-state index in [-0.39, 0.29) is 12.5 Å². The minimum Gasteiger partial charge on any atom is -0.484 e.